The smallest absolute Gasteiger partial charge is 0.191 e. The molecule has 0 aromatic rings. The second-order valence-electron chi connectivity index (χ2n) is 4.66. The Kier molecular flexibility index (Phi) is 3.93. The van der Waals surface area contributed by atoms with E-state index in [1.54, 1.807) is 7.05 Å². The number of β-amino-alcohol motifs (C(OH)–C–C–N with tert-alkyl or cyclic N) is 1. The average molecular weight is 214 g/mol. The number of piperazine rings is 1. The van der Waals surface area contributed by atoms with Crippen molar-refractivity contribution in [2.45, 2.75) is 19.4 Å². The van der Waals surface area contributed by atoms with Crippen molar-refractivity contribution in [2.75, 3.05) is 39.8 Å². The van der Waals surface area contributed by atoms with Gasteiger partial charge in [-0.3, -0.25) is 9.89 Å². The molecule has 1 rings (SSSR count). The molecule has 5 heteroatoms. The van der Waals surface area contributed by atoms with Gasteiger partial charge < -0.3 is 15.7 Å². The van der Waals surface area contributed by atoms with Gasteiger partial charge >= 0.3 is 0 Å². The van der Waals surface area contributed by atoms with E-state index in [4.69, 9.17) is 5.73 Å². The van der Waals surface area contributed by atoms with E-state index in [1.165, 1.54) is 0 Å². The van der Waals surface area contributed by atoms with Crippen LogP contribution in [-0.2, 0) is 0 Å². The summed E-state index contributed by atoms with van der Waals surface area (Å²) in [6.07, 6.45) is 0. The third-order valence-corrected chi connectivity index (χ3v) is 2.54. The summed E-state index contributed by atoms with van der Waals surface area (Å²) in [5.41, 5.74) is 5.11. The van der Waals surface area contributed by atoms with Crippen molar-refractivity contribution in [3.8, 4) is 0 Å². The van der Waals surface area contributed by atoms with E-state index in [0.717, 1.165) is 26.2 Å². The van der Waals surface area contributed by atoms with Crippen molar-refractivity contribution >= 4 is 5.96 Å². The molecule has 0 aliphatic carbocycles. The molecule has 1 saturated heterocycles. The summed E-state index contributed by atoms with van der Waals surface area (Å²) in [7, 11) is 1.71. The summed E-state index contributed by atoms with van der Waals surface area (Å²) in [6.45, 7) is 8.02. The lowest BCUT2D eigenvalue weighted by Crippen LogP contribution is -2.53. The molecule has 1 aliphatic heterocycles. The van der Waals surface area contributed by atoms with Crippen molar-refractivity contribution in [3.05, 3.63) is 0 Å². The highest BCUT2D eigenvalue weighted by Gasteiger charge is 2.23. The van der Waals surface area contributed by atoms with Gasteiger partial charge in [-0.1, -0.05) is 0 Å². The van der Waals surface area contributed by atoms with Crippen molar-refractivity contribution in [3.63, 3.8) is 0 Å². The van der Waals surface area contributed by atoms with Gasteiger partial charge in [-0.25, -0.2) is 0 Å². The van der Waals surface area contributed by atoms with Crippen LogP contribution in [0.25, 0.3) is 0 Å². The fourth-order valence-electron chi connectivity index (χ4n) is 1.82. The first kappa shape index (κ1) is 12.3. The van der Waals surface area contributed by atoms with Gasteiger partial charge in [0.15, 0.2) is 5.96 Å². The molecule has 0 aromatic carbocycles. The van der Waals surface area contributed by atoms with Crippen molar-refractivity contribution in [1.29, 1.82) is 0 Å². The molecular weight excluding hydrogens is 192 g/mol. The van der Waals surface area contributed by atoms with Crippen LogP contribution in [0.3, 0.4) is 0 Å². The summed E-state index contributed by atoms with van der Waals surface area (Å²) in [5, 5.41) is 9.69. The van der Waals surface area contributed by atoms with Gasteiger partial charge in [0.25, 0.3) is 0 Å². The van der Waals surface area contributed by atoms with E-state index in [2.05, 4.69) is 14.8 Å². The molecule has 15 heavy (non-hydrogen) atoms. The Morgan fingerprint density at radius 3 is 2.27 bits per heavy atom. The van der Waals surface area contributed by atoms with Crippen LogP contribution in [0.5, 0.6) is 0 Å². The number of hydrogen-bond donors (Lipinski definition) is 2. The maximum atomic E-state index is 9.69. The minimum Gasteiger partial charge on any atom is -0.389 e. The monoisotopic (exact) mass is 214 g/mol. The summed E-state index contributed by atoms with van der Waals surface area (Å²) < 4.78 is 0. The van der Waals surface area contributed by atoms with E-state index in [-0.39, 0.29) is 0 Å². The van der Waals surface area contributed by atoms with Crippen LogP contribution in [0, 0.1) is 0 Å². The van der Waals surface area contributed by atoms with Gasteiger partial charge in [-0.05, 0) is 13.8 Å². The standard InChI is InChI=1S/C10H22N4O/c1-10(2,15)8-13-4-6-14(7-5-13)9(11)12-3/h15H,4-8H2,1-3H3,(H2,11,12). The lowest BCUT2D eigenvalue weighted by atomic mass is 10.1. The van der Waals surface area contributed by atoms with Crippen LogP contribution in [0.1, 0.15) is 13.8 Å². The van der Waals surface area contributed by atoms with Crippen LogP contribution in [0.2, 0.25) is 0 Å². The third-order valence-electron chi connectivity index (χ3n) is 2.54. The van der Waals surface area contributed by atoms with Crippen LogP contribution >= 0.6 is 0 Å². The largest absolute Gasteiger partial charge is 0.389 e. The van der Waals surface area contributed by atoms with Crippen LogP contribution in [-0.4, -0.2) is 66.2 Å². The Morgan fingerprint density at radius 2 is 1.87 bits per heavy atom. The number of guanidine groups is 1. The zero-order valence-electron chi connectivity index (χ0n) is 9.90. The molecule has 88 valence electrons. The zero-order chi connectivity index (χ0) is 11.5. The van der Waals surface area contributed by atoms with E-state index in [1.807, 2.05) is 13.8 Å². The van der Waals surface area contributed by atoms with Gasteiger partial charge in [0.05, 0.1) is 5.60 Å². The second-order valence-corrected chi connectivity index (χ2v) is 4.66. The summed E-state index contributed by atoms with van der Waals surface area (Å²) in [4.78, 5) is 8.28. The van der Waals surface area contributed by atoms with Gasteiger partial charge in [0, 0.05) is 39.8 Å². The molecule has 3 N–H and O–H groups in total. The third kappa shape index (κ3) is 4.05. The Labute approximate surface area is 91.6 Å². The van der Waals surface area contributed by atoms with E-state index >= 15 is 0 Å². The number of nitrogens with two attached hydrogens (primary N) is 1. The topological polar surface area (TPSA) is 65.1 Å². The predicted octanol–water partition coefficient (Wildman–Crippen LogP) is -0.681. The average Bonchev–Trinajstić information content (AvgIpc) is 2.15. The molecule has 1 heterocycles. The lowest BCUT2D eigenvalue weighted by molar-refractivity contribution is 0.0250. The van der Waals surface area contributed by atoms with Crippen molar-refractivity contribution in [2.24, 2.45) is 10.7 Å². The molecule has 1 fully saturated rings. The van der Waals surface area contributed by atoms with Crippen LogP contribution in [0.15, 0.2) is 4.99 Å². The Hall–Kier alpha value is -0.810. The normalized spacial score (nSPS) is 20.8. The molecule has 0 aromatic heterocycles. The minimum atomic E-state index is -0.618. The highest BCUT2D eigenvalue weighted by Crippen LogP contribution is 2.08. The molecule has 0 amide bonds. The van der Waals surface area contributed by atoms with E-state index < -0.39 is 5.60 Å². The number of hydrogen-bond acceptors (Lipinski definition) is 3. The fraction of sp³-hybridized carbons (Fsp3) is 0.900. The summed E-state index contributed by atoms with van der Waals surface area (Å²) >= 11 is 0. The van der Waals surface area contributed by atoms with E-state index in [0.29, 0.717) is 12.5 Å². The molecule has 5 nitrogen and oxygen atoms in total. The van der Waals surface area contributed by atoms with Gasteiger partial charge in [-0.15, -0.1) is 0 Å². The number of nitrogens with zero attached hydrogens (tertiary/aromatic N) is 3. The number of rotatable bonds is 2. The minimum absolute atomic E-state index is 0.609. The fourth-order valence-corrected chi connectivity index (χ4v) is 1.82. The first-order valence-corrected chi connectivity index (χ1v) is 5.34. The maximum absolute atomic E-state index is 9.69. The highest BCUT2D eigenvalue weighted by atomic mass is 16.3. The van der Waals surface area contributed by atoms with Gasteiger partial charge in [0.1, 0.15) is 0 Å². The number of aliphatic hydroxyl groups is 1. The van der Waals surface area contributed by atoms with Crippen molar-refractivity contribution in [1.82, 2.24) is 9.80 Å². The van der Waals surface area contributed by atoms with E-state index in [9.17, 15) is 5.11 Å². The lowest BCUT2D eigenvalue weighted by Gasteiger charge is -2.37. The van der Waals surface area contributed by atoms with Crippen LogP contribution < -0.4 is 5.73 Å². The Bertz CT molecular complexity index is 226. The number of aliphatic imine (C=N–C) groups is 1. The highest BCUT2D eigenvalue weighted by molar-refractivity contribution is 5.77. The van der Waals surface area contributed by atoms with Gasteiger partial charge in [-0.2, -0.15) is 0 Å². The predicted molar refractivity (Wildman–Crippen MR) is 61.9 cm³/mol. The molecule has 0 saturated carbocycles. The zero-order valence-corrected chi connectivity index (χ0v) is 9.90. The second kappa shape index (κ2) is 4.81. The molecule has 0 atom stereocenters. The Morgan fingerprint density at radius 1 is 1.33 bits per heavy atom. The first-order valence-electron chi connectivity index (χ1n) is 5.34. The molecule has 0 unspecified atom stereocenters. The maximum Gasteiger partial charge on any atom is 0.191 e. The van der Waals surface area contributed by atoms with Gasteiger partial charge in [0.2, 0.25) is 0 Å². The molecule has 0 spiro atoms. The quantitative estimate of drug-likeness (QED) is 0.472. The molecule has 1 aliphatic rings. The van der Waals surface area contributed by atoms with Crippen LogP contribution in [0.4, 0.5) is 0 Å². The summed E-state index contributed by atoms with van der Waals surface area (Å²) in [5.74, 6) is 0.609. The SMILES string of the molecule is CN=C(N)N1CCN(CC(C)(C)O)CC1. The first-order chi connectivity index (χ1) is 6.92. The Balaban J connectivity index is 2.36. The molecular formula is C10H22N4O. The molecule has 0 bridgehead atoms. The molecule has 0 radical (unpaired) electrons. The van der Waals surface area contributed by atoms with Crippen molar-refractivity contribution < 1.29 is 5.11 Å². The summed E-state index contributed by atoms with van der Waals surface area (Å²) in [6, 6.07) is 0.